The third kappa shape index (κ3) is 3.37. The van der Waals surface area contributed by atoms with Crippen molar-refractivity contribution in [3.05, 3.63) is 23.3 Å². The molecule has 0 spiro atoms. The molecule has 0 unspecified atom stereocenters. The molecule has 0 aliphatic rings. The Hall–Kier alpha value is -1.22. The second-order valence-corrected chi connectivity index (χ2v) is 4.90. The van der Waals surface area contributed by atoms with E-state index in [0.29, 0.717) is 18.4 Å². The van der Waals surface area contributed by atoms with Gasteiger partial charge >= 0.3 is 0 Å². The molecule has 0 saturated heterocycles. The fraction of sp³-hybridized carbons (Fsp3) is 0.571. The van der Waals surface area contributed by atoms with Crippen LogP contribution in [0.5, 0.6) is 5.75 Å². The highest BCUT2D eigenvalue weighted by Gasteiger charge is 2.13. The second-order valence-electron chi connectivity index (χ2n) is 4.90. The van der Waals surface area contributed by atoms with E-state index in [1.165, 1.54) is 0 Å². The molecular formula is C14H23NO2. The van der Waals surface area contributed by atoms with Crippen molar-refractivity contribution < 1.29 is 9.84 Å². The van der Waals surface area contributed by atoms with E-state index in [4.69, 9.17) is 15.6 Å². The summed E-state index contributed by atoms with van der Waals surface area (Å²) < 4.78 is 5.49. The summed E-state index contributed by atoms with van der Waals surface area (Å²) >= 11 is 0. The van der Waals surface area contributed by atoms with Crippen LogP contribution in [0.2, 0.25) is 0 Å². The molecule has 0 aliphatic carbocycles. The Labute approximate surface area is 104 Å². The smallest absolute Gasteiger partial charge is 0.120 e. The number of benzene rings is 1. The number of aliphatic hydroxyl groups excluding tert-OH is 1. The van der Waals surface area contributed by atoms with E-state index in [1.54, 1.807) is 0 Å². The van der Waals surface area contributed by atoms with Gasteiger partial charge in [0.05, 0.1) is 6.61 Å². The van der Waals surface area contributed by atoms with Gasteiger partial charge in [0, 0.05) is 5.69 Å². The first-order valence-electron chi connectivity index (χ1n) is 6.14. The summed E-state index contributed by atoms with van der Waals surface area (Å²) in [6, 6.07) is 3.95. The molecule has 0 bridgehead atoms. The van der Waals surface area contributed by atoms with Gasteiger partial charge in [0.15, 0.2) is 0 Å². The first-order valence-corrected chi connectivity index (χ1v) is 6.14. The van der Waals surface area contributed by atoms with E-state index >= 15 is 0 Å². The van der Waals surface area contributed by atoms with Crippen molar-refractivity contribution >= 4 is 5.69 Å². The third-order valence-corrected chi connectivity index (χ3v) is 2.82. The van der Waals surface area contributed by atoms with Crippen LogP contribution in [0.3, 0.4) is 0 Å². The molecule has 1 aromatic carbocycles. The summed E-state index contributed by atoms with van der Waals surface area (Å²) in [6.07, 6.45) is 0. The van der Waals surface area contributed by atoms with Crippen LogP contribution in [0.15, 0.2) is 12.1 Å². The van der Waals surface area contributed by atoms with Crippen molar-refractivity contribution in [1.29, 1.82) is 0 Å². The molecule has 0 saturated carbocycles. The summed E-state index contributed by atoms with van der Waals surface area (Å²) in [6.45, 7) is 8.81. The average molecular weight is 237 g/mol. The lowest BCUT2D eigenvalue weighted by Crippen LogP contribution is -2.07. The maximum Gasteiger partial charge on any atom is 0.120 e. The molecule has 3 nitrogen and oxygen atoms in total. The van der Waals surface area contributed by atoms with E-state index in [-0.39, 0.29) is 6.61 Å². The van der Waals surface area contributed by atoms with Crippen LogP contribution in [0.4, 0.5) is 5.69 Å². The lowest BCUT2D eigenvalue weighted by atomic mass is 9.92. The van der Waals surface area contributed by atoms with Gasteiger partial charge in [0.25, 0.3) is 0 Å². The molecule has 0 aromatic heterocycles. The first kappa shape index (κ1) is 13.8. The highest BCUT2D eigenvalue weighted by atomic mass is 16.5. The molecule has 0 amide bonds. The van der Waals surface area contributed by atoms with Crippen LogP contribution >= 0.6 is 0 Å². The van der Waals surface area contributed by atoms with Crippen LogP contribution in [0, 0.1) is 0 Å². The number of hydrogen-bond donors (Lipinski definition) is 2. The van der Waals surface area contributed by atoms with Gasteiger partial charge in [0.1, 0.15) is 12.4 Å². The molecule has 0 aliphatic heterocycles. The Balaban J connectivity index is 3.17. The molecule has 0 heterocycles. The predicted octanol–water partition coefficient (Wildman–Crippen LogP) is 2.89. The van der Waals surface area contributed by atoms with Crippen molar-refractivity contribution in [3.63, 3.8) is 0 Å². The normalized spacial score (nSPS) is 11.2. The summed E-state index contributed by atoms with van der Waals surface area (Å²) in [4.78, 5) is 0. The lowest BCUT2D eigenvalue weighted by Gasteiger charge is -2.18. The zero-order valence-electron chi connectivity index (χ0n) is 11.2. The number of aliphatic hydroxyl groups is 1. The lowest BCUT2D eigenvalue weighted by molar-refractivity contribution is 0.201. The van der Waals surface area contributed by atoms with Crippen molar-refractivity contribution in [3.8, 4) is 5.75 Å². The Morgan fingerprint density at radius 3 is 1.94 bits per heavy atom. The summed E-state index contributed by atoms with van der Waals surface area (Å²) in [5, 5.41) is 8.79. The molecule has 3 heteroatoms. The minimum Gasteiger partial charge on any atom is -0.491 e. The van der Waals surface area contributed by atoms with Crippen LogP contribution in [0.25, 0.3) is 0 Å². The number of nitrogen functional groups attached to an aromatic ring is 1. The molecule has 1 aromatic rings. The number of anilines is 1. The van der Waals surface area contributed by atoms with E-state index in [9.17, 15) is 0 Å². The van der Waals surface area contributed by atoms with Crippen molar-refractivity contribution in [1.82, 2.24) is 0 Å². The molecular weight excluding hydrogens is 214 g/mol. The van der Waals surface area contributed by atoms with Crippen LogP contribution < -0.4 is 10.5 Å². The van der Waals surface area contributed by atoms with Gasteiger partial charge in [-0.05, 0) is 35.1 Å². The topological polar surface area (TPSA) is 55.5 Å². The molecule has 1 rings (SSSR count). The van der Waals surface area contributed by atoms with E-state index in [0.717, 1.165) is 22.6 Å². The quantitative estimate of drug-likeness (QED) is 0.774. The van der Waals surface area contributed by atoms with Gasteiger partial charge in [-0.3, -0.25) is 0 Å². The van der Waals surface area contributed by atoms with Crippen molar-refractivity contribution in [2.45, 2.75) is 39.5 Å². The molecule has 3 N–H and O–H groups in total. The second kappa shape index (κ2) is 5.92. The Morgan fingerprint density at radius 1 is 1.12 bits per heavy atom. The van der Waals surface area contributed by atoms with Gasteiger partial charge in [-0.25, -0.2) is 0 Å². The fourth-order valence-corrected chi connectivity index (χ4v) is 1.87. The maximum absolute atomic E-state index is 8.79. The van der Waals surface area contributed by atoms with Crippen LogP contribution in [-0.2, 0) is 0 Å². The zero-order valence-corrected chi connectivity index (χ0v) is 11.2. The molecule has 0 radical (unpaired) electrons. The third-order valence-electron chi connectivity index (χ3n) is 2.82. The Kier molecular flexibility index (Phi) is 4.82. The highest BCUT2D eigenvalue weighted by Crippen LogP contribution is 2.34. The molecule has 0 atom stereocenters. The van der Waals surface area contributed by atoms with Crippen molar-refractivity contribution in [2.75, 3.05) is 18.9 Å². The Morgan fingerprint density at radius 2 is 1.59 bits per heavy atom. The minimum absolute atomic E-state index is 0.0262. The SMILES string of the molecule is CC(C)c1cc(OCCO)cc(C(C)C)c1N. The van der Waals surface area contributed by atoms with Gasteiger partial charge in [-0.15, -0.1) is 0 Å². The predicted molar refractivity (Wildman–Crippen MR) is 71.6 cm³/mol. The van der Waals surface area contributed by atoms with E-state index in [2.05, 4.69) is 27.7 Å². The Bertz CT molecular complexity index is 343. The van der Waals surface area contributed by atoms with E-state index in [1.807, 2.05) is 12.1 Å². The highest BCUT2D eigenvalue weighted by molar-refractivity contribution is 5.59. The first-order chi connectivity index (χ1) is 7.97. The fourth-order valence-electron chi connectivity index (χ4n) is 1.87. The zero-order chi connectivity index (χ0) is 13.0. The monoisotopic (exact) mass is 237 g/mol. The number of hydrogen-bond acceptors (Lipinski definition) is 3. The summed E-state index contributed by atoms with van der Waals surface area (Å²) in [7, 11) is 0. The largest absolute Gasteiger partial charge is 0.491 e. The maximum atomic E-state index is 8.79. The number of rotatable bonds is 5. The van der Waals surface area contributed by atoms with Crippen LogP contribution in [-0.4, -0.2) is 18.3 Å². The van der Waals surface area contributed by atoms with Gasteiger partial charge < -0.3 is 15.6 Å². The standard InChI is InChI=1S/C14H23NO2/c1-9(2)12-7-11(17-6-5-16)8-13(10(3)4)14(12)15/h7-10,16H,5-6,15H2,1-4H3. The molecule has 17 heavy (non-hydrogen) atoms. The summed E-state index contributed by atoms with van der Waals surface area (Å²) in [5.74, 6) is 1.52. The average Bonchev–Trinajstić information content (AvgIpc) is 2.26. The molecule has 0 fully saturated rings. The number of ether oxygens (including phenoxy) is 1. The van der Waals surface area contributed by atoms with Gasteiger partial charge in [0.2, 0.25) is 0 Å². The van der Waals surface area contributed by atoms with Gasteiger partial charge in [-0.2, -0.15) is 0 Å². The summed E-state index contributed by atoms with van der Waals surface area (Å²) in [5.41, 5.74) is 9.27. The van der Waals surface area contributed by atoms with Crippen molar-refractivity contribution in [2.24, 2.45) is 0 Å². The van der Waals surface area contributed by atoms with E-state index < -0.39 is 0 Å². The van der Waals surface area contributed by atoms with Crippen LogP contribution in [0.1, 0.15) is 50.7 Å². The minimum atomic E-state index is 0.0262. The molecule has 96 valence electrons. The van der Waals surface area contributed by atoms with Gasteiger partial charge in [-0.1, -0.05) is 27.7 Å². The number of nitrogens with two attached hydrogens (primary N) is 1.